The molecule has 1 aliphatic carbocycles. The normalized spacial score (nSPS) is 14.3. The standard InChI is InChI=1S/C12H12BrN3O.ClH/c13-10-4-2-1-3-9(10)12-16-15-11(17-12)7-14-8-5-6-8;/h1-4,8,14H,5-7H2;1H. The number of nitrogens with zero attached hydrogens (tertiary/aromatic N) is 2. The van der Waals surface area contributed by atoms with Crippen LogP contribution in [0.5, 0.6) is 0 Å². The summed E-state index contributed by atoms with van der Waals surface area (Å²) < 4.78 is 6.58. The molecule has 0 aliphatic heterocycles. The predicted octanol–water partition coefficient (Wildman–Crippen LogP) is 3.17. The van der Waals surface area contributed by atoms with E-state index in [4.69, 9.17) is 4.42 Å². The van der Waals surface area contributed by atoms with Crippen molar-refractivity contribution < 1.29 is 4.42 Å². The number of hydrogen-bond donors (Lipinski definition) is 1. The van der Waals surface area contributed by atoms with E-state index in [0.29, 0.717) is 24.4 Å². The number of nitrogens with one attached hydrogen (secondary N) is 1. The summed E-state index contributed by atoms with van der Waals surface area (Å²) in [4.78, 5) is 0. The highest BCUT2D eigenvalue weighted by Gasteiger charge is 2.21. The van der Waals surface area contributed by atoms with Gasteiger partial charge in [0.2, 0.25) is 11.8 Å². The molecule has 1 saturated carbocycles. The molecular formula is C12H13BrClN3O. The van der Waals surface area contributed by atoms with Gasteiger partial charge in [-0.25, -0.2) is 0 Å². The molecule has 1 aromatic heterocycles. The zero-order valence-electron chi connectivity index (χ0n) is 9.60. The van der Waals surface area contributed by atoms with Gasteiger partial charge in [-0.05, 0) is 40.9 Å². The third kappa shape index (κ3) is 3.10. The van der Waals surface area contributed by atoms with E-state index in [0.717, 1.165) is 10.0 Å². The molecule has 18 heavy (non-hydrogen) atoms. The number of rotatable bonds is 4. The van der Waals surface area contributed by atoms with Gasteiger partial charge in [0, 0.05) is 10.5 Å². The summed E-state index contributed by atoms with van der Waals surface area (Å²) in [5.41, 5.74) is 0.928. The highest BCUT2D eigenvalue weighted by atomic mass is 79.9. The Morgan fingerprint density at radius 2 is 2.06 bits per heavy atom. The SMILES string of the molecule is Brc1ccccc1-c1nnc(CNC2CC2)o1.Cl. The van der Waals surface area contributed by atoms with Crippen LogP contribution in [0, 0.1) is 0 Å². The molecule has 0 amide bonds. The van der Waals surface area contributed by atoms with Crippen molar-refractivity contribution >= 4 is 28.3 Å². The van der Waals surface area contributed by atoms with Crippen molar-refractivity contribution in [3.8, 4) is 11.5 Å². The second kappa shape index (κ2) is 5.82. The third-order valence-electron chi connectivity index (χ3n) is 2.69. The molecule has 0 radical (unpaired) electrons. The Balaban J connectivity index is 0.00000120. The lowest BCUT2D eigenvalue weighted by molar-refractivity contribution is 0.476. The van der Waals surface area contributed by atoms with Crippen LogP contribution in [-0.2, 0) is 6.54 Å². The Hall–Kier alpha value is -0.910. The second-order valence-electron chi connectivity index (χ2n) is 4.14. The van der Waals surface area contributed by atoms with E-state index in [1.165, 1.54) is 12.8 Å². The van der Waals surface area contributed by atoms with E-state index in [2.05, 4.69) is 31.4 Å². The highest BCUT2D eigenvalue weighted by molar-refractivity contribution is 9.10. The minimum Gasteiger partial charge on any atom is -0.419 e. The van der Waals surface area contributed by atoms with Gasteiger partial charge in [0.05, 0.1) is 12.1 Å². The number of aromatic nitrogens is 2. The van der Waals surface area contributed by atoms with Crippen molar-refractivity contribution in [2.24, 2.45) is 0 Å². The van der Waals surface area contributed by atoms with Crippen LogP contribution < -0.4 is 5.32 Å². The van der Waals surface area contributed by atoms with Crippen molar-refractivity contribution in [3.63, 3.8) is 0 Å². The Morgan fingerprint density at radius 1 is 1.28 bits per heavy atom. The van der Waals surface area contributed by atoms with Gasteiger partial charge in [-0.15, -0.1) is 22.6 Å². The fraction of sp³-hybridized carbons (Fsp3) is 0.333. The average Bonchev–Trinajstić information content (AvgIpc) is 3.06. The Kier molecular flexibility index (Phi) is 4.37. The van der Waals surface area contributed by atoms with E-state index < -0.39 is 0 Å². The molecule has 0 saturated heterocycles. The largest absolute Gasteiger partial charge is 0.419 e. The van der Waals surface area contributed by atoms with E-state index in [1.807, 2.05) is 24.3 Å². The van der Waals surface area contributed by atoms with Crippen LogP contribution in [0.3, 0.4) is 0 Å². The molecule has 3 rings (SSSR count). The lowest BCUT2D eigenvalue weighted by atomic mass is 10.2. The quantitative estimate of drug-likeness (QED) is 0.935. The predicted molar refractivity (Wildman–Crippen MR) is 74.5 cm³/mol. The van der Waals surface area contributed by atoms with Gasteiger partial charge in [0.15, 0.2) is 0 Å². The second-order valence-corrected chi connectivity index (χ2v) is 4.99. The van der Waals surface area contributed by atoms with Crippen molar-refractivity contribution in [1.82, 2.24) is 15.5 Å². The zero-order chi connectivity index (χ0) is 11.7. The van der Waals surface area contributed by atoms with Gasteiger partial charge in [-0.2, -0.15) is 0 Å². The van der Waals surface area contributed by atoms with Crippen molar-refractivity contribution in [2.75, 3.05) is 0 Å². The third-order valence-corrected chi connectivity index (χ3v) is 3.38. The molecule has 1 fully saturated rings. The smallest absolute Gasteiger partial charge is 0.248 e. The monoisotopic (exact) mass is 329 g/mol. The Labute approximate surface area is 120 Å². The van der Waals surface area contributed by atoms with Crippen LogP contribution in [0.25, 0.3) is 11.5 Å². The molecule has 0 unspecified atom stereocenters. The van der Waals surface area contributed by atoms with Gasteiger partial charge < -0.3 is 9.73 Å². The highest BCUT2D eigenvalue weighted by Crippen LogP contribution is 2.26. The zero-order valence-corrected chi connectivity index (χ0v) is 12.0. The average molecular weight is 331 g/mol. The summed E-state index contributed by atoms with van der Waals surface area (Å²) in [5.74, 6) is 1.20. The van der Waals surface area contributed by atoms with Crippen LogP contribution in [0.2, 0.25) is 0 Å². The van der Waals surface area contributed by atoms with Crippen molar-refractivity contribution in [3.05, 3.63) is 34.6 Å². The van der Waals surface area contributed by atoms with E-state index in [9.17, 15) is 0 Å². The number of hydrogen-bond acceptors (Lipinski definition) is 4. The molecule has 0 spiro atoms. The summed E-state index contributed by atoms with van der Waals surface area (Å²) in [7, 11) is 0. The molecular weight excluding hydrogens is 318 g/mol. The fourth-order valence-corrected chi connectivity index (χ4v) is 2.04. The first kappa shape index (κ1) is 13.5. The number of benzene rings is 1. The maximum Gasteiger partial charge on any atom is 0.248 e. The first-order chi connectivity index (χ1) is 8.33. The van der Waals surface area contributed by atoms with Crippen LogP contribution in [0.4, 0.5) is 0 Å². The summed E-state index contributed by atoms with van der Waals surface area (Å²) in [6.07, 6.45) is 2.51. The van der Waals surface area contributed by atoms with Gasteiger partial charge >= 0.3 is 0 Å². The van der Waals surface area contributed by atoms with E-state index in [-0.39, 0.29) is 12.4 Å². The topological polar surface area (TPSA) is 51.0 Å². The van der Waals surface area contributed by atoms with Gasteiger partial charge in [-0.3, -0.25) is 0 Å². The molecule has 6 heteroatoms. The first-order valence-corrected chi connectivity index (χ1v) is 6.43. The maximum absolute atomic E-state index is 5.61. The molecule has 0 bridgehead atoms. The minimum absolute atomic E-state index is 0. The summed E-state index contributed by atoms with van der Waals surface area (Å²) in [5, 5.41) is 11.4. The van der Waals surface area contributed by atoms with E-state index in [1.54, 1.807) is 0 Å². The molecule has 2 aromatic rings. The molecule has 4 nitrogen and oxygen atoms in total. The number of halogens is 2. The lowest BCUT2D eigenvalue weighted by Gasteiger charge is -1.98. The van der Waals surface area contributed by atoms with Crippen LogP contribution in [0.1, 0.15) is 18.7 Å². The van der Waals surface area contributed by atoms with Gasteiger partial charge in [0.25, 0.3) is 0 Å². The lowest BCUT2D eigenvalue weighted by Crippen LogP contribution is -2.15. The summed E-state index contributed by atoms with van der Waals surface area (Å²) in [6.45, 7) is 0.655. The van der Waals surface area contributed by atoms with Gasteiger partial charge in [0.1, 0.15) is 0 Å². The van der Waals surface area contributed by atoms with Crippen LogP contribution in [-0.4, -0.2) is 16.2 Å². The molecule has 1 aliphatic rings. The first-order valence-electron chi connectivity index (χ1n) is 5.63. The Bertz CT molecular complexity index is 528. The molecule has 1 N–H and O–H groups in total. The van der Waals surface area contributed by atoms with Crippen molar-refractivity contribution in [2.45, 2.75) is 25.4 Å². The summed E-state index contributed by atoms with van der Waals surface area (Å²) in [6, 6.07) is 8.47. The molecule has 96 valence electrons. The minimum atomic E-state index is 0. The molecule has 0 atom stereocenters. The van der Waals surface area contributed by atoms with E-state index >= 15 is 0 Å². The van der Waals surface area contributed by atoms with Crippen LogP contribution >= 0.6 is 28.3 Å². The molecule has 1 aromatic carbocycles. The maximum atomic E-state index is 5.61. The Morgan fingerprint density at radius 3 is 2.78 bits per heavy atom. The van der Waals surface area contributed by atoms with Crippen LogP contribution in [0.15, 0.2) is 33.2 Å². The van der Waals surface area contributed by atoms with Crippen molar-refractivity contribution in [1.29, 1.82) is 0 Å². The van der Waals surface area contributed by atoms with Gasteiger partial charge in [-0.1, -0.05) is 12.1 Å². The summed E-state index contributed by atoms with van der Waals surface area (Å²) >= 11 is 3.47. The fourth-order valence-electron chi connectivity index (χ4n) is 1.59. The molecule has 1 heterocycles.